The summed E-state index contributed by atoms with van der Waals surface area (Å²) in [5, 5.41) is 51.0. The van der Waals surface area contributed by atoms with Gasteiger partial charge in [0.05, 0.1) is 23.9 Å². The minimum Gasteiger partial charge on any atom is -0.392 e. The molecule has 6 heteroatoms. The first-order valence-corrected chi connectivity index (χ1v) is 19.5. The molecule has 0 aromatic heterocycles. The van der Waals surface area contributed by atoms with Gasteiger partial charge in [-0.05, 0) is 131 Å². The van der Waals surface area contributed by atoms with E-state index in [1.807, 2.05) is 7.05 Å². The van der Waals surface area contributed by atoms with Gasteiger partial charge in [-0.2, -0.15) is 0 Å². The predicted octanol–water partition coefficient (Wildman–Crippen LogP) is 5.89. The standard InChI is InChI=1S/C41H61NO5/c1-21(2)33-24-11-7-6-10-23(24)25-12-8-9-22-17-26(38(46)35(33)34(22)25)28-14-16-41(47)30-18-31(43)36-27(20-42-5)37(45)32(44)19-39(36,3)29(30)13-15-40(28,41)4/h18,21-23,26-29,32,35-38,42,44-47H,6-17,19-20H2,1-5H3/t22-,23-,26+,27+,28-,29+,32+,35+,36+,37-,38+,39-,40-,41-/m1/s1. The number of aliphatic hydroxyl groups is 4. The van der Waals surface area contributed by atoms with Crippen molar-refractivity contribution >= 4 is 5.78 Å². The van der Waals surface area contributed by atoms with Crippen LogP contribution in [0.15, 0.2) is 33.9 Å². The molecule has 0 radical (unpaired) electrons. The molecular weight excluding hydrogens is 586 g/mol. The van der Waals surface area contributed by atoms with Crippen molar-refractivity contribution in [1.82, 2.24) is 5.32 Å². The fourth-order valence-electron chi connectivity index (χ4n) is 14.4. The number of allylic oxidation sites excluding steroid dienone is 3. The molecule has 0 heterocycles. The Morgan fingerprint density at radius 1 is 0.957 bits per heavy atom. The van der Waals surface area contributed by atoms with Gasteiger partial charge in [-0.3, -0.25) is 4.79 Å². The summed E-state index contributed by atoms with van der Waals surface area (Å²) >= 11 is 0. The Hall–Kier alpha value is -1.31. The predicted molar refractivity (Wildman–Crippen MR) is 183 cm³/mol. The summed E-state index contributed by atoms with van der Waals surface area (Å²) in [4.78, 5) is 14.1. The minimum absolute atomic E-state index is 0.00531. The highest BCUT2D eigenvalue weighted by molar-refractivity contribution is 5.95. The number of hydrogen-bond acceptors (Lipinski definition) is 6. The van der Waals surface area contributed by atoms with Crippen LogP contribution in [-0.4, -0.2) is 63.7 Å². The molecule has 14 atom stereocenters. The summed E-state index contributed by atoms with van der Waals surface area (Å²) in [7, 11) is 1.83. The van der Waals surface area contributed by atoms with Crippen molar-refractivity contribution in [3.8, 4) is 0 Å². The lowest BCUT2D eigenvalue weighted by atomic mass is 9.43. The second kappa shape index (κ2) is 11.4. The van der Waals surface area contributed by atoms with Crippen LogP contribution in [0.2, 0.25) is 0 Å². The molecule has 8 aliphatic carbocycles. The van der Waals surface area contributed by atoms with Gasteiger partial charge in [0, 0.05) is 35.6 Å². The van der Waals surface area contributed by atoms with Crippen molar-refractivity contribution in [1.29, 1.82) is 0 Å². The van der Waals surface area contributed by atoms with Crippen molar-refractivity contribution in [3.05, 3.63) is 33.9 Å². The maximum Gasteiger partial charge on any atom is 0.159 e. The van der Waals surface area contributed by atoms with Crippen LogP contribution in [0.5, 0.6) is 0 Å². The van der Waals surface area contributed by atoms with Gasteiger partial charge >= 0.3 is 0 Å². The number of fused-ring (bicyclic) bond motifs is 7. The molecule has 47 heavy (non-hydrogen) atoms. The van der Waals surface area contributed by atoms with Crippen molar-refractivity contribution in [3.63, 3.8) is 0 Å². The Morgan fingerprint density at radius 2 is 1.72 bits per heavy atom. The molecule has 0 aliphatic heterocycles. The van der Waals surface area contributed by atoms with Gasteiger partial charge in [0.15, 0.2) is 5.78 Å². The number of nitrogens with one attached hydrogen (secondary N) is 1. The van der Waals surface area contributed by atoms with Crippen molar-refractivity contribution < 1.29 is 25.2 Å². The monoisotopic (exact) mass is 647 g/mol. The average molecular weight is 648 g/mol. The molecule has 0 bridgehead atoms. The Morgan fingerprint density at radius 3 is 2.47 bits per heavy atom. The number of carbonyl (C=O) groups excluding carboxylic acids is 1. The van der Waals surface area contributed by atoms with Crippen molar-refractivity contribution in [2.45, 2.75) is 135 Å². The summed E-state index contributed by atoms with van der Waals surface area (Å²) < 4.78 is 0. The van der Waals surface area contributed by atoms with E-state index in [4.69, 9.17) is 0 Å². The van der Waals surface area contributed by atoms with Crippen molar-refractivity contribution in [2.75, 3.05) is 13.6 Å². The van der Waals surface area contributed by atoms with Crippen LogP contribution in [0.1, 0.15) is 111 Å². The summed E-state index contributed by atoms with van der Waals surface area (Å²) in [6.45, 7) is 9.61. The zero-order valence-electron chi connectivity index (χ0n) is 29.6. The third-order valence-corrected chi connectivity index (χ3v) is 16.2. The Bertz CT molecular complexity index is 1400. The van der Waals surface area contributed by atoms with Crippen LogP contribution in [0.3, 0.4) is 0 Å². The first-order chi connectivity index (χ1) is 22.4. The van der Waals surface area contributed by atoms with Crippen LogP contribution in [0, 0.1) is 64.1 Å². The van der Waals surface area contributed by atoms with E-state index in [0.717, 1.165) is 31.3 Å². The lowest BCUT2D eigenvalue weighted by Gasteiger charge is -2.62. The molecule has 0 amide bonds. The smallest absolute Gasteiger partial charge is 0.159 e. The zero-order valence-corrected chi connectivity index (χ0v) is 29.6. The van der Waals surface area contributed by atoms with Crippen LogP contribution in [0.4, 0.5) is 0 Å². The maximum atomic E-state index is 14.1. The molecule has 0 aromatic rings. The van der Waals surface area contributed by atoms with Gasteiger partial charge in [-0.1, -0.05) is 56.4 Å². The molecule has 8 aliphatic rings. The first-order valence-electron chi connectivity index (χ1n) is 19.5. The number of aliphatic hydroxyl groups excluding tert-OH is 3. The lowest BCUT2D eigenvalue weighted by Crippen LogP contribution is -2.64. The minimum atomic E-state index is -1.10. The van der Waals surface area contributed by atoms with Crippen LogP contribution in [0.25, 0.3) is 0 Å². The summed E-state index contributed by atoms with van der Waals surface area (Å²) in [5.41, 5.74) is 5.44. The van der Waals surface area contributed by atoms with Gasteiger partial charge in [-0.25, -0.2) is 0 Å². The van der Waals surface area contributed by atoms with Gasteiger partial charge in [0.2, 0.25) is 0 Å². The maximum absolute atomic E-state index is 14.1. The number of rotatable bonds is 4. The van der Waals surface area contributed by atoms with E-state index in [1.165, 1.54) is 44.9 Å². The second-order valence-electron chi connectivity index (χ2n) is 18.4. The molecule has 0 saturated heterocycles. The Kier molecular flexibility index (Phi) is 7.94. The van der Waals surface area contributed by atoms with E-state index in [2.05, 4.69) is 33.0 Å². The fourth-order valence-corrected chi connectivity index (χ4v) is 14.4. The van der Waals surface area contributed by atoms with E-state index < -0.39 is 34.7 Å². The molecule has 0 spiro atoms. The van der Waals surface area contributed by atoms with E-state index in [-0.39, 0.29) is 41.3 Å². The molecule has 5 saturated carbocycles. The molecule has 260 valence electrons. The zero-order chi connectivity index (χ0) is 33.2. The van der Waals surface area contributed by atoms with E-state index in [1.54, 1.807) is 28.4 Å². The highest BCUT2D eigenvalue weighted by Gasteiger charge is 2.69. The fraction of sp³-hybridized carbons (Fsp3) is 0.829. The average Bonchev–Trinajstić information content (AvgIpc) is 3.31. The molecule has 0 aromatic carbocycles. The van der Waals surface area contributed by atoms with Crippen LogP contribution >= 0.6 is 0 Å². The van der Waals surface area contributed by atoms with Gasteiger partial charge in [0.25, 0.3) is 0 Å². The largest absolute Gasteiger partial charge is 0.392 e. The normalized spacial score (nSPS) is 50.8. The molecule has 6 nitrogen and oxygen atoms in total. The van der Waals surface area contributed by atoms with Crippen LogP contribution in [-0.2, 0) is 4.79 Å². The lowest BCUT2D eigenvalue weighted by molar-refractivity contribution is -0.170. The summed E-state index contributed by atoms with van der Waals surface area (Å²) in [6.07, 6.45) is 12.9. The summed E-state index contributed by atoms with van der Waals surface area (Å²) in [5.74, 6) is 1.31. The molecule has 5 fully saturated rings. The molecule has 5 N–H and O–H groups in total. The number of ketones is 1. The number of carbonyl (C=O) groups is 1. The Balaban J connectivity index is 1.16. The van der Waals surface area contributed by atoms with E-state index >= 15 is 0 Å². The molecule has 0 unspecified atom stereocenters. The highest BCUT2D eigenvalue weighted by Crippen LogP contribution is 2.70. The molecule has 8 rings (SSSR count). The SMILES string of the molecule is CNC[C@@H]1[C@@H](O)[C@@H](O)C[C@@]2(C)[C@@H]1C(=O)C=C1[C@@H]2CC[C@]2(C)[C@@H]([C@@H]3C[C@H]4CCCC5=C4[C@H](C(C(C)C)=C4CCCC[C@H]45)[C@H]3O)CC[C@@]12O. The third kappa shape index (κ3) is 4.36. The third-order valence-electron chi connectivity index (χ3n) is 16.2. The van der Waals surface area contributed by atoms with Crippen LogP contribution < -0.4 is 5.32 Å². The quantitative estimate of drug-likeness (QED) is 0.244. The van der Waals surface area contributed by atoms with E-state index in [0.29, 0.717) is 37.1 Å². The second-order valence-corrected chi connectivity index (χ2v) is 18.4. The van der Waals surface area contributed by atoms with Gasteiger partial charge < -0.3 is 25.7 Å². The first kappa shape index (κ1) is 32.9. The van der Waals surface area contributed by atoms with E-state index in [9.17, 15) is 25.2 Å². The summed E-state index contributed by atoms with van der Waals surface area (Å²) in [6, 6.07) is 0. The molecular formula is C41H61NO5. The number of hydrogen-bond donors (Lipinski definition) is 5. The van der Waals surface area contributed by atoms with Crippen molar-refractivity contribution in [2.24, 2.45) is 64.1 Å². The van der Waals surface area contributed by atoms with Gasteiger partial charge in [0.1, 0.15) is 0 Å². The Labute approximate surface area is 282 Å². The van der Waals surface area contributed by atoms with Gasteiger partial charge in [-0.15, -0.1) is 0 Å². The highest BCUT2D eigenvalue weighted by atomic mass is 16.3. The topological polar surface area (TPSA) is 110 Å².